The van der Waals surface area contributed by atoms with Crippen molar-refractivity contribution >= 4 is 28.5 Å². The standard InChI is InChI=1S/C19H14N4O3/c20-10-13(9-12-5-7-14(8-6-12)26-11-17(21)24)18-22-16-4-2-1-3-15(16)19(25)23-18/h1-9H,11H2,(H2,21,24)(H,22,23,25)/b13-9+. The second-order valence-corrected chi connectivity index (χ2v) is 5.43. The Morgan fingerprint density at radius 3 is 2.65 bits per heavy atom. The molecule has 1 amide bonds. The van der Waals surface area contributed by atoms with E-state index >= 15 is 0 Å². The van der Waals surface area contributed by atoms with Gasteiger partial charge in [0.1, 0.15) is 11.8 Å². The van der Waals surface area contributed by atoms with Gasteiger partial charge in [-0.05, 0) is 35.9 Å². The van der Waals surface area contributed by atoms with Crippen molar-refractivity contribution in [1.82, 2.24) is 9.97 Å². The van der Waals surface area contributed by atoms with Crippen LogP contribution in [0.1, 0.15) is 11.4 Å². The number of ether oxygens (including phenoxy) is 1. The molecule has 1 aromatic heterocycles. The Balaban J connectivity index is 1.92. The number of nitrogens with one attached hydrogen (secondary N) is 1. The Kier molecular flexibility index (Phi) is 4.76. The lowest BCUT2D eigenvalue weighted by Crippen LogP contribution is -2.19. The molecular weight excluding hydrogens is 332 g/mol. The third-order valence-electron chi connectivity index (χ3n) is 3.56. The highest BCUT2D eigenvalue weighted by atomic mass is 16.5. The van der Waals surface area contributed by atoms with Gasteiger partial charge in [-0.15, -0.1) is 0 Å². The van der Waals surface area contributed by atoms with Crippen LogP contribution in [0.25, 0.3) is 22.6 Å². The van der Waals surface area contributed by atoms with Crippen LogP contribution in [0.3, 0.4) is 0 Å². The molecule has 0 aliphatic carbocycles. The highest BCUT2D eigenvalue weighted by Gasteiger charge is 2.08. The minimum atomic E-state index is -0.563. The van der Waals surface area contributed by atoms with E-state index < -0.39 is 5.91 Å². The molecule has 0 aliphatic rings. The molecule has 0 unspecified atom stereocenters. The normalized spacial score (nSPS) is 11.1. The molecule has 1 heterocycles. The average molecular weight is 346 g/mol. The van der Waals surface area contributed by atoms with Crippen molar-refractivity contribution in [3.05, 3.63) is 70.3 Å². The molecule has 0 aliphatic heterocycles. The SMILES string of the molecule is N#C/C(=C\c1ccc(OCC(N)=O)cc1)c1nc2ccccc2c(=O)[nH]1. The number of primary amides is 1. The molecule has 0 saturated heterocycles. The lowest BCUT2D eigenvalue weighted by atomic mass is 10.1. The summed E-state index contributed by atoms with van der Waals surface area (Å²) >= 11 is 0. The number of fused-ring (bicyclic) bond motifs is 1. The van der Waals surface area contributed by atoms with E-state index in [1.807, 2.05) is 6.07 Å². The van der Waals surface area contributed by atoms with Crippen molar-refractivity contribution < 1.29 is 9.53 Å². The van der Waals surface area contributed by atoms with Crippen LogP contribution in [-0.4, -0.2) is 22.5 Å². The Bertz CT molecular complexity index is 1090. The van der Waals surface area contributed by atoms with Crippen LogP contribution in [0, 0.1) is 11.3 Å². The van der Waals surface area contributed by atoms with Crippen LogP contribution in [0.15, 0.2) is 53.3 Å². The topological polar surface area (TPSA) is 122 Å². The van der Waals surface area contributed by atoms with Gasteiger partial charge in [0.05, 0.1) is 16.5 Å². The number of hydrogen-bond donors (Lipinski definition) is 2. The Morgan fingerprint density at radius 1 is 1.23 bits per heavy atom. The van der Waals surface area contributed by atoms with E-state index in [2.05, 4.69) is 9.97 Å². The molecule has 2 aromatic carbocycles. The van der Waals surface area contributed by atoms with Crippen LogP contribution in [0.2, 0.25) is 0 Å². The van der Waals surface area contributed by atoms with Crippen LogP contribution in [0.4, 0.5) is 0 Å². The van der Waals surface area contributed by atoms with E-state index in [-0.39, 0.29) is 23.6 Å². The van der Waals surface area contributed by atoms with Gasteiger partial charge in [0, 0.05) is 0 Å². The fourth-order valence-electron chi connectivity index (χ4n) is 2.35. The molecule has 0 fully saturated rings. The molecule has 0 bridgehead atoms. The van der Waals surface area contributed by atoms with Crippen molar-refractivity contribution in [2.75, 3.05) is 6.61 Å². The van der Waals surface area contributed by atoms with Crippen molar-refractivity contribution in [3.8, 4) is 11.8 Å². The monoisotopic (exact) mass is 346 g/mol. The summed E-state index contributed by atoms with van der Waals surface area (Å²) in [4.78, 5) is 29.9. The molecule has 3 N–H and O–H groups in total. The van der Waals surface area contributed by atoms with Crippen LogP contribution < -0.4 is 16.0 Å². The lowest BCUT2D eigenvalue weighted by molar-refractivity contribution is -0.119. The summed E-state index contributed by atoms with van der Waals surface area (Å²) < 4.78 is 5.18. The third kappa shape index (κ3) is 3.76. The maximum Gasteiger partial charge on any atom is 0.259 e. The summed E-state index contributed by atoms with van der Waals surface area (Å²) in [5.74, 6) is 0.119. The van der Waals surface area contributed by atoms with Gasteiger partial charge < -0.3 is 15.5 Å². The molecule has 0 spiro atoms. The lowest BCUT2D eigenvalue weighted by Gasteiger charge is -2.04. The summed E-state index contributed by atoms with van der Waals surface area (Å²) in [6, 6.07) is 15.7. The van der Waals surface area contributed by atoms with E-state index in [0.29, 0.717) is 22.2 Å². The first-order valence-corrected chi connectivity index (χ1v) is 7.69. The number of carbonyl (C=O) groups is 1. The van der Waals surface area contributed by atoms with Crippen LogP contribution in [-0.2, 0) is 4.79 Å². The first kappa shape index (κ1) is 16.9. The number of allylic oxidation sites excluding steroid dienone is 1. The fourth-order valence-corrected chi connectivity index (χ4v) is 2.35. The number of amides is 1. The summed E-state index contributed by atoms with van der Waals surface area (Å²) in [7, 11) is 0. The molecular formula is C19H14N4O3. The maximum absolute atomic E-state index is 12.2. The van der Waals surface area contributed by atoms with Crippen LogP contribution in [0.5, 0.6) is 5.75 Å². The molecule has 0 saturated carbocycles. The summed E-state index contributed by atoms with van der Waals surface area (Å²) in [6.07, 6.45) is 1.60. The number of aromatic nitrogens is 2. The van der Waals surface area contributed by atoms with Gasteiger partial charge >= 0.3 is 0 Å². The number of benzene rings is 2. The first-order valence-electron chi connectivity index (χ1n) is 7.69. The van der Waals surface area contributed by atoms with E-state index in [9.17, 15) is 14.9 Å². The largest absolute Gasteiger partial charge is 0.484 e. The van der Waals surface area contributed by atoms with Gasteiger partial charge in [-0.2, -0.15) is 5.26 Å². The number of nitrogens with two attached hydrogens (primary N) is 1. The van der Waals surface area contributed by atoms with Gasteiger partial charge in [0.15, 0.2) is 12.4 Å². The molecule has 7 nitrogen and oxygen atoms in total. The Labute approximate surface area is 148 Å². The Hall–Kier alpha value is -3.92. The van der Waals surface area contributed by atoms with Gasteiger partial charge in [-0.3, -0.25) is 9.59 Å². The number of rotatable bonds is 5. The zero-order valence-electron chi connectivity index (χ0n) is 13.6. The summed E-state index contributed by atoms with van der Waals surface area (Å²) in [6.45, 7) is -0.207. The molecule has 7 heteroatoms. The highest BCUT2D eigenvalue weighted by Crippen LogP contribution is 2.18. The zero-order chi connectivity index (χ0) is 18.5. The third-order valence-corrected chi connectivity index (χ3v) is 3.56. The minimum absolute atomic E-state index is 0.199. The molecule has 128 valence electrons. The molecule has 0 atom stereocenters. The van der Waals surface area contributed by atoms with E-state index in [4.69, 9.17) is 10.5 Å². The number of carbonyl (C=O) groups excluding carboxylic acids is 1. The molecule has 3 rings (SSSR count). The van der Waals surface area contributed by atoms with Crippen molar-refractivity contribution in [1.29, 1.82) is 5.26 Å². The van der Waals surface area contributed by atoms with Gasteiger partial charge in [0.25, 0.3) is 11.5 Å². The fraction of sp³-hybridized carbons (Fsp3) is 0.0526. The van der Waals surface area contributed by atoms with E-state index in [1.165, 1.54) is 0 Å². The number of para-hydroxylation sites is 1. The highest BCUT2D eigenvalue weighted by molar-refractivity contribution is 5.89. The number of aromatic amines is 1. The van der Waals surface area contributed by atoms with Crippen molar-refractivity contribution in [3.63, 3.8) is 0 Å². The van der Waals surface area contributed by atoms with Gasteiger partial charge in [-0.1, -0.05) is 24.3 Å². The predicted octanol–water partition coefficient (Wildman–Crippen LogP) is 1.85. The van der Waals surface area contributed by atoms with Crippen molar-refractivity contribution in [2.24, 2.45) is 5.73 Å². The molecule has 26 heavy (non-hydrogen) atoms. The van der Waals surface area contributed by atoms with Crippen LogP contribution >= 0.6 is 0 Å². The Morgan fingerprint density at radius 2 is 1.96 bits per heavy atom. The maximum atomic E-state index is 12.2. The second-order valence-electron chi connectivity index (χ2n) is 5.43. The quantitative estimate of drug-likeness (QED) is 0.683. The summed E-state index contributed by atoms with van der Waals surface area (Å²) in [5, 5.41) is 9.91. The van der Waals surface area contributed by atoms with E-state index in [1.54, 1.807) is 54.6 Å². The van der Waals surface area contributed by atoms with E-state index in [0.717, 1.165) is 0 Å². The average Bonchev–Trinajstić information content (AvgIpc) is 2.65. The van der Waals surface area contributed by atoms with Crippen molar-refractivity contribution in [2.45, 2.75) is 0 Å². The minimum Gasteiger partial charge on any atom is -0.484 e. The number of H-pyrrole nitrogens is 1. The smallest absolute Gasteiger partial charge is 0.259 e. The first-order chi connectivity index (χ1) is 12.6. The van der Waals surface area contributed by atoms with Gasteiger partial charge in [-0.25, -0.2) is 4.98 Å². The second kappa shape index (κ2) is 7.32. The number of nitriles is 1. The molecule has 3 aromatic rings. The van der Waals surface area contributed by atoms with Gasteiger partial charge in [0.2, 0.25) is 0 Å². The number of hydrogen-bond acceptors (Lipinski definition) is 5. The summed E-state index contributed by atoms with van der Waals surface area (Å²) in [5.41, 5.74) is 6.17. The number of nitrogens with zero attached hydrogens (tertiary/aromatic N) is 2. The molecule has 0 radical (unpaired) electrons. The zero-order valence-corrected chi connectivity index (χ0v) is 13.6. The predicted molar refractivity (Wildman–Crippen MR) is 97.0 cm³/mol.